The molecule has 6 nitrogen and oxygen atoms in total. The van der Waals surface area contributed by atoms with Gasteiger partial charge >= 0.3 is 0 Å². The number of hydrogen-bond donors (Lipinski definition) is 2. The number of thiazole rings is 1. The zero-order valence-electron chi connectivity index (χ0n) is 17.4. The lowest BCUT2D eigenvalue weighted by Crippen LogP contribution is -3.15. The van der Waals surface area contributed by atoms with Crippen molar-refractivity contribution in [3.05, 3.63) is 58.9 Å². The Hall–Kier alpha value is -2.90. The van der Waals surface area contributed by atoms with Gasteiger partial charge < -0.3 is 19.9 Å². The van der Waals surface area contributed by atoms with Crippen molar-refractivity contribution in [3.8, 4) is 17.0 Å². The minimum Gasteiger partial charge on any atom is -0.495 e. The number of nitrogens with zero attached hydrogens (tertiary/aromatic N) is 2. The van der Waals surface area contributed by atoms with Crippen molar-refractivity contribution in [1.82, 2.24) is 4.98 Å². The number of aromatic nitrogens is 1. The van der Waals surface area contributed by atoms with Crippen LogP contribution in [0.15, 0.2) is 53.9 Å². The summed E-state index contributed by atoms with van der Waals surface area (Å²) in [6, 6.07) is 16.0. The van der Waals surface area contributed by atoms with Crippen LogP contribution in [-0.2, 0) is 4.79 Å². The minimum absolute atomic E-state index is 0.0438. The molecule has 2 heterocycles. The van der Waals surface area contributed by atoms with Gasteiger partial charge in [-0.25, -0.2) is 4.98 Å². The Morgan fingerprint density at radius 2 is 2.00 bits per heavy atom. The summed E-state index contributed by atoms with van der Waals surface area (Å²) in [5.41, 5.74) is 3.91. The van der Waals surface area contributed by atoms with Gasteiger partial charge in [0.1, 0.15) is 5.75 Å². The molecule has 1 amide bonds. The summed E-state index contributed by atoms with van der Waals surface area (Å²) in [4.78, 5) is 20.8. The average Bonchev–Trinajstić information content (AvgIpc) is 3.21. The number of anilines is 2. The molecule has 0 atom stereocenters. The number of carbonyl (C=O) groups is 1. The molecule has 30 heavy (non-hydrogen) atoms. The zero-order valence-corrected chi connectivity index (χ0v) is 18.2. The van der Waals surface area contributed by atoms with E-state index >= 15 is 0 Å². The Bertz CT molecular complexity index is 1010. The Kier molecular flexibility index (Phi) is 6.30. The first-order valence-corrected chi connectivity index (χ1v) is 11.0. The maximum absolute atomic E-state index is 12.6. The normalized spacial score (nSPS) is 14.5. The van der Waals surface area contributed by atoms with E-state index in [9.17, 15) is 4.79 Å². The van der Waals surface area contributed by atoms with Crippen LogP contribution in [0.25, 0.3) is 11.3 Å². The molecule has 1 fully saturated rings. The quantitative estimate of drug-likeness (QED) is 0.640. The molecule has 156 valence electrons. The lowest BCUT2D eigenvalue weighted by molar-refractivity contribution is -0.892. The standard InChI is InChI=1S/C23H26N4O2S/c1-17-24-20(16-30-17)18-6-5-7-19(14-18)25-23(28)15-26-10-12-27(13-11-26)21-8-3-4-9-22(21)29-2/h3-9,14,16H,10-13,15H2,1-2H3,(H,25,28)/p+1. The molecule has 3 aromatic rings. The second-order valence-corrected chi connectivity index (χ2v) is 8.53. The highest BCUT2D eigenvalue weighted by atomic mass is 32.1. The van der Waals surface area contributed by atoms with Gasteiger partial charge in [0.15, 0.2) is 6.54 Å². The molecule has 0 saturated carbocycles. The number of amides is 1. The molecule has 0 unspecified atom stereocenters. The smallest absolute Gasteiger partial charge is 0.279 e. The summed E-state index contributed by atoms with van der Waals surface area (Å²) in [6.07, 6.45) is 0. The molecule has 1 aliphatic heterocycles. The van der Waals surface area contributed by atoms with E-state index in [0.29, 0.717) is 6.54 Å². The van der Waals surface area contributed by atoms with Gasteiger partial charge in [0, 0.05) is 16.6 Å². The van der Waals surface area contributed by atoms with E-state index in [0.717, 1.165) is 59.6 Å². The third-order valence-corrected chi connectivity index (χ3v) is 6.14. The van der Waals surface area contributed by atoms with Crippen LogP contribution in [0, 0.1) is 6.92 Å². The minimum atomic E-state index is 0.0438. The number of methoxy groups -OCH3 is 1. The third-order valence-electron chi connectivity index (χ3n) is 5.37. The highest BCUT2D eigenvalue weighted by molar-refractivity contribution is 7.09. The maximum Gasteiger partial charge on any atom is 0.279 e. The monoisotopic (exact) mass is 423 g/mol. The van der Waals surface area contributed by atoms with Crippen LogP contribution in [0.1, 0.15) is 5.01 Å². The summed E-state index contributed by atoms with van der Waals surface area (Å²) in [6.45, 7) is 6.12. The van der Waals surface area contributed by atoms with Crippen LogP contribution in [0.5, 0.6) is 5.75 Å². The number of rotatable bonds is 6. The Balaban J connectivity index is 1.31. The van der Waals surface area contributed by atoms with Crippen LogP contribution in [-0.4, -0.2) is 50.7 Å². The van der Waals surface area contributed by atoms with E-state index in [2.05, 4.69) is 21.3 Å². The molecule has 1 aromatic heterocycles. The van der Waals surface area contributed by atoms with Gasteiger partial charge in [-0.2, -0.15) is 0 Å². The number of benzene rings is 2. The van der Waals surface area contributed by atoms with Crippen molar-refractivity contribution in [2.75, 3.05) is 50.1 Å². The Morgan fingerprint density at radius 1 is 1.20 bits per heavy atom. The summed E-state index contributed by atoms with van der Waals surface area (Å²) in [7, 11) is 1.70. The summed E-state index contributed by atoms with van der Waals surface area (Å²) in [5, 5.41) is 6.13. The van der Waals surface area contributed by atoms with E-state index in [1.165, 1.54) is 4.90 Å². The fourth-order valence-corrected chi connectivity index (χ4v) is 4.44. The number of hydrogen-bond acceptors (Lipinski definition) is 5. The summed E-state index contributed by atoms with van der Waals surface area (Å²) >= 11 is 1.63. The van der Waals surface area contributed by atoms with Crippen LogP contribution in [0.3, 0.4) is 0 Å². The number of nitrogens with one attached hydrogen (secondary N) is 2. The van der Waals surface area contributed by atoms with Crippen molar-refractivity contribution in [2.45, 2.75) is 6.92 Å². The Morgan fingerprint density at radius 3 is 2.73 bits per heavy atom. The van der Waals surface area contributed by atoms with Gasteiger partial charge in [-0.05, 0) is 31.2 Å². The van der Waals surface area contributed by atoms with Gasteiger partial charge in [-0.1, -0.05) is 24.3 Å². The molecule has 0 spiro atoms. The molecule has 2 aromatic carbocycles. The van der Waals surface area contributed by atoms with Crippen LogP contribution in [0.2, 0.25) is 0 Å². The molecular weight excluding hydrogens is 396 g/mol. The number of piperazine rings is 1. The Labute approximate surface area is 181 Å². The average molecular weight is 424 g/mol. The number of para-hydroxylation sites is 2. The highest BCUT2D eigenvalue weighted by Gasteiger charge is 2.24. The molecule has 0 aliphatic carbocycles. The molecule has 1 saturated heterocycles. The molecule has 7 heteroatoms. The van der Waals surface area contributed by atoms with E-state index in [4.69, 9.17) is 4.74 Å². The first-order valence-electron chi connectivity index (χ1n) is 10.2. The molecule has 0 radical (unpaired) electrons. The van der Waals surface area contributed by atoms with Crippen LogP contribution < -0.4 is 19.9 Å². The lowest BCUT2D eigenvalue weighted by atomic mass is 10.1. The number of aryl methyl sites for hydroxylation is 1. The second-order valence-electron chi connectivity index (χ2n) is 7.47. The van der Waals surface area contributed by atoms with Crippen molar-refractivity contribution < 1.29 is 14.4 Å². The first-order chi connectivity index (χ1) is 14.6. The van der Waals surface area contributed by atoms with Gasteiger partial charge in [-0.15, -0.1) is 11.3 Å². The maximum atomic E-state index is 12.6. The predicted molar refractivity (Wildman–Crippen MR) is 122 cm³/mol. The molecule has 2 N–H and O–H groups in total. The third kappa shape index (κ3) is 4.80. The van der Waals surface area contributed by atoms with Crippen molar-refractivity contribution in [1.29, 1.82) is 0 Å². The first kappa shape index (κ1) is 20.4. The van der Waals surface area contributed by atoms with E-state index in [-0.39, 0.29) is 5.91 Å². The topological polar surface area (TPSA) is 58.9 Å². The second kappa shape index (κ2) is 9.28. The zero-order chi connectivity index (χ0) is 20.9. The van der Waals surface area contributed by atoms with Crippen molar-refractivity contribution >= 4 is 28.6 Å². The van der Waals surface area contributed by atoms with Crippen LogP contribution in [0.4, 0.5) is 11.4 Å². The number of quaternary nitrogens is 1. The molecule has 4 rings (SSSR count). The fourth-order valence-electron chi connectivity index (χ4n) is 3.82. The van der Waals surface area contributed by atoms with Gasteiger partial charge in [0.05, 0.1) is 49.7 Å². The molecule has 1 aliphatic rings. The number of ether oxygens (including phenoxy) is 1. The SMILES string of the molecule is COc1ccccc1N1CC[NH+](CC(=O)Nc2cccc(-c3csc(C)n3)c2)CC1. The van der Waals surface area contributed by atoms with Gasteiger partial charge in [-0.3, -0.25) is 4.79 Å². The summed E-state index contributed by atoms with van der Waals surface area (Å²) < 4.78 is 5.48. The largest absolute Gasteiger partial charge is 0.495 e. The fraction of sp³-hybridized carbons (Fsp3) is 0.304. The highest BCUT2D eigenvalue weighted by Crippen LogP contribution is 2.27. The van der Waals surface area contributed by atoms with Crippen molar-refractivity contribution in [3.63, 3.8) is 0 Å². The number of carbonyl (C=O) groups excluding carboxylic acids is 1. The van der Waals surface area contributed by atoms with Gasteiger partial charge in [0.2, 0.25) is 0 Å². The van der Waals surface area contributed by atoms with E-state index in [1.807, 2.05) is 54.8 Å². The van der Waals surface area contributed by atoms with Gasteiger partial charge in [0.25, 0.3) is 5.91 Å². The van der Waals surface area contributed by atoms with E-state index in [1.54, 1.807) is 18.4 Å². The predicted octanol–water partition coefficient (Wildman–Crippen LogP) is 2.47. The van der Waals surface area contributed by atoms with Crippen molar-refractivity contribution in [2.24, 2.45) is 0 Å². The summed E-state index contributed by atoms with van der Waals surface area (Å²) in [5.74, 6) is 0.941. The van der Waals surface area contributed by atoms with E-state index < -0.39 is 0 Å². The lowest BCUT2D eigenvalue weighted by Gasteiger charge is -2.34. The molecular formula is C23H27N4O2S+. The van der Waals surface area contributed by atoms with Crippen LogP contribution >= 0.6 is 11.3 Å². The molecule has 0 bridgehead atoms.